The van der Waals surface area contributed by atoms with E-state index in [-0.39, 0.29) is 23.4 Å². The van der Waals surface area contributed by atoms with Crippen LogP contribution < -0.4 is 5.32 Å². The smallest absolute Gasteiger partial charge is 0.287 e. The van der Waals surface area contributed by atoms with Crippen molar-refractivity contribution in [1.29, 1.82) is 0 Å². The van der Waals surface area contributed by atoms with E-state index in [0.29, 0.717) is 18.0 Å². The number of H-pyrrole nitrogens is 1. The number of carbonyl (C=O) groups is 2. The van der Waals surface area contributed by atoms with Crippen LogP contribution in [0.25, 0.3) is 0 Å². The molecule has 2 fully saturated rings. The number of hydrogen-bond acceptors (Lipinski definition) is 4. The van der Waals surface area contributed by atoms with E-state index in [4.69, 9.17) is 4.42 Å². The van der Waals surface area contributed by atoms with Crippen molar-refractivity contribution < 1.29 is 14.0 Å². The Balaban J connectivity index is 1.57. The monoisotopic (exact) mass is 356 g/mol. The summed E-state index contributed by atoms with van der Waals surface area (Å²) in [5.41, 5.74) is 1.85. The fourth-order valence-electron chi connectivity index (χ4n) is 4.58. The molecular weight excluding hydrogens is 332 g/mol. The third kappa shape index (κ3) is 2.53. The van der Waals surface area contributed by atoms with Crippen molar-refractivity contribution in [2.75, 3.05) is 6.54 Å². The average molecular weight is 356 g/mol. The Morgan fingerprint density at radius 2 is 2.12 bits per heavy atom. The number of furan rings is 1. The van der Waals surface area contributed by atoms with Crippen molar-refractivity contribution >= 4 is 11.8 Å². The predicted molar refractivity (Wildman–Crippen MR) is 95.0 cm³/mol. The summed E-state index contributed by atoms with van der Waals surface area (Å²) in [6, 6.07) is 1.88. The second kappa shape index (κ2) is 6.00. The maximum atomic E-state index is 13.0. The first-order valence-electron chi connectivity index (χ1n) is 9.12. The summed E-state index contributed by atoms with van der Waals surface area (Å²) in [4.78, 5) is 27.7. The van der Waals surface area contributed by atoms with Gasteiger partial charge in [-0.15, -0.1) is 0 Å². The van der Waals surface area contributed by atoms with Crippen LogP contribution in [0.4, 0.5) is 0 Å². The molecule has 1 aliphatic heterocycles. The van der Waals surface area contributed by atoms with E-state index in [1.54, 1.807) is 6.20 Å². The van der Waals surface area contributed by atoms with Crippen LogP contribution in [0.3, 0.4) is 0 Å². The molecule has 1 aliphatic carbocycles. The molecule has 2 aliphatic rings. The number of nitrogens with zero attached hydrogens (tertiary/aromatic N) is 2. The zero-order valence-electron chi connectivity index (χ0n) is 15.4. The molecule has 138 valence electrons. The second-order valence-corrected chi connectivity index (χ2v) is 7.56. The van der Waals surface area contributed by atoms with Gasteiger partial charge in [0.05, 0.1) is 17.8 Å². The summed E-state index contributed by atoms with van der Waals surface area (Å²) in [6.07, 6.45) is 5.20. The Labute approximate surface area is 152 Å². The Hall–Kier alpha value is -2.57. The first-order chi connectivity index (χ1) is 12.4. The number of rotatable bonds is 3. The van der Waals surface area contributed by atoms with E-state index in [1.807, 2.05) is 31.7 Å². The van der Waals surface area contributed by atoms with Crippen molar-refractivity contribution in [3.8, 4) is 0 Å². The summed E-state index contributed by atoms with van der Waals surface area (Å²) >= 11 is 0. The van der Waals surface area contributed by atoms with Gasteiger partial charge in [0, 0.05) is 12.1 Å². The summed E-state index contributed by atoms with van der Waals surface area (Å²) in [6.45, 7) is 6.22. The van der Waals surface area contributed by atoms with E-state index < -0.39 is 0 Å². The number of aromatic amines is 1. The lowest BCUT2D eigenvalue weighted by molar-refractivity contribution is 0.0685. The van der Waals surface area contributed by atoms with Crippen molar-refractivity contribution in [2.24, 2.45) is 0 Å². The van der Waals surface area contributed by atoms with Gasteiger partial charge in [-0.05, 0) is 58.1 Å². The van der Waals surface area contributed by atoms with Crippen LogP contribution >= 0.6 is 0 Å². The lowest BCUT2D eigenvalue weighted by atomic mass is 9.92. The van der Waals surface area contributed by atoms with Crippen LogP contribution in [0.15, 0.2) is 16.7 Å². The van der Waals surface area contributed by atoms with Crippen LogP contribution in [-0.4, -0.2) is 45.0 Å². The molecule has 2 unspecified atom stereocenters. The Kier molecular flexibility index (Phi) is 3.89. The molecule has 2 aromatic rings. The van der Waals surface area contributed by atoms with Gasteiger partial charge in [0.25, 0.3) is 11.8 Å². The van der Waals surface area contributed by atoms with Gasteiger partial charge in [0.2, 0.25) is 0 Å². The zero-order valence-corrected chi connectivity index (χ0v) is 15.4. The van der Waals surface area contributed by atoms with E-state index in [0.717, 1.165) is 42.6 Å². The van der Waals surface area contributed by atoms with E-state index >= 15 is 0 Å². The highest BCUT2D eigenvalue weighted by Crippen LogP contribution is 2.42. The number of amides is 2. The lowest BCUT2D eigenvalue weighted by Gasteiger charge is -2.33. The molecule has 7 heteroatoms. The first kappa shape index (κ1) is 16.9. The van der Waals surface area contributed by atoms with Crippen LogP contribution in [-0.2, 0) is 0 Å². The highest BCUT2D eigenvalue weighted by molar-refractivity contribution is 5.95. The molecule has 1 saturated carbocycles. The van der Waals surface area contributed by atoms with Crippen LogP contribution in [0.2, 0.25) is 0 Å². The molecular formula is C19H24N4O3. The standard InChI is InChI=1S/C19H24N4O3/c1-11-9-13(3)26-16(11)17(24)21-19-6-4-5-14(19)23(8-7-19)18(25)15-12(2)10-20-22-15/h9-10,14H,4-8H2,1-3H3,(H,20,22)(H,21,24). The Bertz CT molecular complexity index is 868. The van der Waals surface area contributed by atoms with E-state index in [9.17, 15) is 9.59 Å². The van der Waals surface area contributed by atoms with Crippen LogP contribution in [0.1, 0.15) is 63.6 Å². The summed E-state index contributed by atoms with van der Waals surface area (Å²) in [5, 5.41) is 9.99. The largest absolute Gasteiger partial charge is 0.456 e. The number of aromatic nitrogens is 2. The number of carbonyl (C=O) groups excluding carboxylic acids is 2. The van der Waals surface area contributed by atoms with Gasteiger partial charge < -0.3 is 14.6 Å². The quantitative estimate of drug-likeness (QED) is 0.884. The minimum absolute atomic E-state index is 0.0121. The number of nitrogens with one attached hydrogen (secondary N) is 2. The fraction of sp³-hybridized carbons (Fsp3) is 0.526. The molecule has 3 heterocycles. The number of likely N-dealkylation sites (tertiary alicyclic amines) is 1. The van der Waals surface area contributed by atoms with Crippen molar-refractivity contribution in [3.05, 3.63) is 40.6 Å². The van der Waals surface area contributed by atoms with Crippen molar-refractivity contribution in [3.63, 3.8) is 0 Å². The highest BCUT2D eigenvalue weighted by Gasteiger charge is 2.53. The zero-order chi connectivity index (χ0) is 18.5. The molecule has 1 saturated heterocycles. The topological polar surface area (TPSA) is 91.2 Å². The van der Waals surface area contributed by atoms with Gasteiger partial charge >= 0.3 is 0 Å². The van der Waals surface area contributed by atoms with Gasteiger partial charge in [-0.25, -0.2) is 0 Å². The maximum Gasteiger partial charge on any atom is 0.287 e. The minimum atomic E-state index is -0.367. The molecule has 2 atom stereocenters. The normalized spacial score (nSPS) is 24.7. The maximum absolute atomic E-state index is 13.0. The SMILES string of the molecule is Cc1cc(C)c(C(=O)NC23CCCC2N(C(=O)c2[nH]ncc2C)CC3)o1. The van der Waals surface area contributed by atoms with E-state index in [2.05, 4.69) is 15.5 Å². The van der Waals surface area contributed by atoms with Gasteiger partial charge in [-0.2, -0.15) is 5.10 Å². The van der Waals surface area contributed by atoms with Gasteiger partial charge in [-0.3, -0.25) is 14.7 Å². The molecule has 2 aromatic heterocycles. The first-order valence-corrected chi connectivity index (χ1v) is 9.12. The average Bonchev–Trinajstić information content (AvgIpc) is 3.31. The molecule has 2 amide bonds. The molecule has 4 rings (SSSR count). The molecule has 7 nitrogen and oxygen atoms in total. The minimum Gasteiger partial charge on any atom is -0.456 e. The second-order valence-electron chi connectivity index (χ2n) is 7.56. The molecule has 0 aromatic carbocycles. The van der Waals surface area contributed by atoms with Crippen LogP contribution in [0, 0.1) is 20.8 Å². The van der Waals surface area contributed by atoms with Gasteiger partial charge in [0.15, 0.2) is 5.76 Å². The predicted octanol–water partition coefficient (Wildman–Crippen LogP) is 2.50. The molecule has 0 radical (unpaired) electrons. The molecule has 0 spiro atoms. The molecule has 0 bridgehead atoms. The Morgan fingerprint density at radius 1 is 1.31 bits per heavy atom. The summed E-state index contributed by atoms with van der Waals surface area (Å²) < 4.78 is 5.57. The third-order valence-corrected chi connectivity index (χ3v) is 5.83. The van der Waals surface area contributed by atoms with Gasteiger partial charge in [-0.1, -0.05) is 0 Å². The van der Waals surface area contributed by atoms with Crippen LogP contribution in [0.5, 0.6) is 0 Å². The highest BCUT2D eigenvalue weighted by atomic mass is 16.3. The third-order valence-electron chi connectivity index (χ3n) is 5.83. The molecule has 26 heavy (non-hydrogen) atoms. The fourth-order valence-corrected chi connectivity index (χ4v) is 4.58. The Morgan fingerprint density at radius 3 is 2.77 bits per heavy atom. The van der Waals surface area contributed by atoms with Crippen molar-refractivity contribution in [2.45, 2.75) is 58.0 Å². The van der Waals surface area contributed by atoms with E-state index in [1.165, 1.54) is 0 Å². The lowest BCUT2D eigenvalue weighted by Crippen LogP contribution is -2.54. The van der Waals surface area contributed by atoms with Crippen molar-refractivity contribution in [1.82, 2.24) is 20.4 Å². The van der Waals surface area contributed by atoms with Gasteiger partial charge in [0.1, 0.15) is 11.5 Å². The number of hydrogen-bond donors (Lipinski definition) is 2. The number of aryl methyl sites for hydroxylation is 3. The summed E-state index contributed by atoms with van der Waals surface area (Å²) in [7, 11) is 0. The summed E-state index contributed by atoms with van der Waals surface area (Å²) in [5.74, 6) is 0.880. The molecule has 2 N–H and O–H groups in total. The number of fused-ring (bicyclic) bond motifs is 1.